The van der Waals surface area contributed by atoms with Crippen LogP contribution in [0.25, 0.3) is 0 Å². The second-order valence-corrected chi connectivity index (χ2v) is 8.02. The molecule has 3 heterocycles. The van der Waals surface area contributed by atoms with Crippen LogP contribution in [0.4, 0.5) is 11.5 Å². The van der Waals surface area contributed by atoms with E-state index in [2.05, 4.69) is 15.2 Å². The number of anilines is 2. The third kappa shape index (κ3) is 4.58. The zero-order chi connectivity index (χ0) is 20.2. The van der Waals surface area contributed by atoms with Gasteiger partial charge in [0.25, 0.3) is 5.91 Å². The molecule has 6 heteroatoms. The first-order valence-corrected chi connectivity index (χ1v) is 10.5. The topological polar surface area (TPSA) is 65.5 Å². The number of nitrogens with one attached hydrogen (secondary N) is 1. The van der Waals surface area contributed by atoms with Crippen LogP contribution in [0.1, 0.15) is 41.6 Å². The smallest absolute Gasteiger partial charge is 0.254 e. The number of hydrogen-bond acceptors (Lipinski definition) is 4. The van der Waals surface area contributed by atoms with Gasteiger partial charge in [-0.1, -0.05) is 12.1 Å². The van der Waals surface area contributed by atoms with Crippen molar-refractivity contribution in [1.29, 1.82) is 0 Å². The highest BCUT2D eigenvalue weighted by Crippen LogP contribution is 2.24. The van der Waals surface area contributed by atoms with E-state index < -0.39 is 0 Å². The van der Waals surface area contributed by atoms with E-state index in [0.717, 1.165) is 68.9 Å². The third-order valence-electron chi connectivity index (χ3n) is 5.86. The number of carbonyl (C=O) groups is 2. The maximum absolute atomic E-state index is 12.6. The van der Waals surface area contributed by atoms with E-state index in [4.69, 9.17) is 0 Å². The van der Waals surface area contributed by atoms with Gasteiger partial charge in [-0.15, -0.1) is 0 Å². The second-order valence-electron chi connectivity index (χ2n) is 8.02. The molecule has 2 fully saturated rings. The Hall–Kier alpha value is -2.89. The summed E-state index contributed by atoms with van der Waals surface area (Å²) in [6.45, 7) is 5.24. The summed E-state index contributed by atoms with van der Waals surface area (Å²) in [4.78, 5) is 33.8. The van der Waals surface area contributed by atoms with Crippen molar-refractivity contribution in [3.63, 3.8) is 0 Å². The molecule has 1 N–H and O–H groups in total. The summed E-state index contributed by atoms with van der Waals surface area (Å²) in [6, 6.07) is 11.6. The molecule has 4 rings (SSSR count). The van der Waals surface area contributed by atoms with Crippen LogP contribution >= 0.6 is 0 Å². The second kappa shape index (κ2) is 8.64. The molecule has 0 spiro atoms. The number of aryl methyl sites for hydroxylation is 1. The molecule has 29 heavy (non-hydrogen) atoms. The maximum Gasteiger partial charge on any atom is 0.254 e. The summed E-state index contributed by atoms with van der Waals surface area (Å²) in [5.74, 6) is 1.01. The first kappa shape index (κ1) is 19.4. The quantitative estimate of drug-likeness (QED) is 0.865. The van der Waals surface area contributed by atoms with Crippen LogP contribution in [-0.2, 0) is 4.79 Å². The summed E-state index contributed by atoms with van der Waals surface area (Å²) in [6.07, 6.45) is 5.45. The van der Waals surface area contributed by atoms with Crippen LogP contribution in [-0.4, -0.2) is 47.9 Å². The number of pyridine rings is 1. The number of hydrogen-bond donors (Lipinski definition) is 1. The van der Waals surface area contributed by atoms with Crippen LogP contribution in [0.5, 0.6) is 0 Å². The molecular formula is C23H28N4O2. The summed E-state index contributed by atoms with van der Waals surface area (Å²) in [7, 11) is 0. The molecule has 0 saturated carbocycles. The molecule has 1 aromatic heterocycles. The lowest BCUT2D eigenvalue weighted by atomic mass is 9.95. The van der Waals surface area contributed by atoms with E-state index in [0.29, 0.717) is 5.56 Å². The minimum absolute atomic E-state index is 0.00109. The van der Waals surface area contributed by atoms with E-state index in [1.807, 2.05) is 42.2 Å². The average molecular weight is 393 g/mol. The normalized spacial score (nSPS) is 17.4. The van der Waals surface area contributed by atoms with E-state index >= 15 is 0 Å². The SMILES string of the molecule is Cc1cccc(NC(=O)C2CCN(c3cc(C(=O)N4CCCC4)ccn3)CC2)c1. The zero-order valence-electron chi connectivity index (χ0n) is 16.9. The van der Waals surface area contributed by atoms with Gasteiger partial charge in [0, 0.05) is 49.5 Å². The highest BCUT2D eigenvalue weighted by atomic mass is 16.2. The van der Waals surface area contributed by atoms with Gasteiger partial charge < -0.3 is 15.1 Å². The van der Waals surface area contributed by atoms with Gasteiger partial charge in [-0.25, -0.2) is 4.98 Å². The molecule has 6 nitrogen and oxygen atoms in total. The van der Waals surface area contributed by atoms with Crippen molar-refractivity contribution in [2.45, 2.75) is 32.6 Å². The fraction of sp³-hybridized carbons (Fsp3) is 0.435. The standard InChI is InChI=1S/C23H28N4O2/c1-17-5-4-6-20(15-17)25-22(28)18-8-13-26(14-9-18)21-16-19(7-10-24-21)23(29)27-11-2-3-12-27/h4-7,10,15-16,18H,2-3,8-9,11-14H2,1H3,(H,25,28). The summed E-state index contributed by atoms with van der Waals surface area (Å²) < 4.78 is 0. The monoisotopic (exact) mass is 392 g/mol. The number of rotatable bonds is 4. The number of likely N-dealkylation sites (tertiary alicyclic amines) is 1. The first-order chi connectivity index (χ1) is 14.1. The van der Waals surface area contributed by atoms with Crippen LogP contribution in [0.15, 0.2) is 42.6 Å². The minimum Gasteiger partial charge on any atom is -0.357 e. The third-order valence-corrected chi connectivity index (χ3v) is 5.86. The summed E-state index contributed by atoms with van der Waals surface area (Å²) in [5, 5.41) is 3.04. The van der Waals surface area contributed by atoms with Crippen molar-refractivity contribution in [2.75, 3.05) is 36.4 Å². The Bertz CT molecular complexity index is 884. The van der Waals surface area contributed by atoms with E-state index in [-0.39, 0.29) is 17.7 Å². The van der Waals surface area contributed by atoms with Crippen LogP contribution in [0.2, 0.25) is 0 Å². The fourth-order valence-electron chi connectivity index (χ4n) is 4.17. The number of piperidine rings is 1. The van der Waals surface area contributed by atoms with E-state index in [9.17, 15) is 9.59 Å². The lowest BCUT2D eigenvalue weighted by molar-refractivity contribution is -0.120. The van der Waals surface area contributed by atoms with Gasteiger partial charge in [0.05, 0.1) is 0 Å². The van der Waals surface area contributed by atoms with Gasteiger partial charge in [-0.3, -0.25) is 9.59 Å². The van der Waals surface area contributed by atoms with Crippen molar-refractivity contribution in [2.24, 2.45) is 5.92 Å². The minimum atomic E-state index is 0.00109. The van der Waals surface area contributed by atoms with Crippen LogP contribution < -0.4 is 10.2 Å². The molecular weight excluding hydrogens is 364 g/mol. The lowest BCUT2D eigenvalue weighted by Crippen LogP contribution is -2.38. The van der Waals surface area contributed by atoms with Crippen molar-refractivity contribution in [3.05, 3.63) is 53.7 Å². The van der Waals surface area contributed by atoms with Crippen molar-refractivity contribution < 1.29 is 9.59 Å². The number of aromatic nitrogens is 1. The lowest BCUT2D eigenvalue weighted by Gasteiger charge is -2.32. The molecule has 152 valence electrons. The predicted octanol–water partition coefficient (Wildman–Crippen LogP) is 3.48. The van der Waals surface area contributed by atoms with Gasteiger partial charge in [-0.05, 0) is 62.4 Å². The molecule has 2 amide bonds. The van der Waals surface area contributed by atoms with Gasteiger partial charge in [0.1, 0.15) is 5.82 Å². The molecule has 2 aliphatic heterocycles. The van der Waals surface area contributed by atoms with Gasteiger partial charge >= 0.3 is 0 Å². The van der Waals surface area contributed by atoms with Crippen LogP contribution in [0, 0.1) is 12.8 Å². The Kier molecular flexibility index (Phi) is 5.79. The molecule has 2 saturated heterocycles. The largest absolute Gasteiger partial charge is 0.357 e. The number of nitrogens with zero attached hydrogens (tertiary/aromatic N) is 3. The highest BCUT2D eigenvalue weighted by Gasteiger charge is 2.26. The molecule has 2 aromatic rings. The highest BCUT2D eigenvalue weighted by molar-refractivity contribution is 5.95. The molecule has 0 aliphatic carbocycles. The van der Waals surface area contributed by atoms with Crippen LogP contribution in [0.3, 0.4) is 0 Å². The molecule has 0 bridgehead atoms. The van der Waals surface area contributed by atoms with Crippen molar-refractivity contribution in [1.82, 2.24) is 9.88 Å². The summed E-state index contributed by atoms with van der Waals surface area (Å²) in [5.41, 5.74) is 2.69. The zero-order valence-corrected chi connectivity index (χ0v) is 16.9. The van der Waals surface area contributed by atoms with Gasteiger partial charge in [0.2, 0.25) is 5.91 Å². The number of amides is 2. The Morgan fingerprint density at radius 1 is 1.03 bits per heavy atom. The Labute approximate surface area is 171 Å². The Balaban J connectivity index is 1.35. The molecule has 0 radical (unpaired) electrons. The predicted molar refractivity (Wildman–Crippen MR) is 114 cm³/mol. The Morgan fingerprint density at radius 2 is 1.79 bits per heavy atom. The van der Waals surface area contributed by atoms with Gasteiger partial charge in [-0.2, -0.15) is 0 Å². The first-order valence-electron chi connectivity index (χ1n) is 10.5. The molecule has 0 atom stereocenters. The molecule has 0 unspecified atom stereocenters. The van der Waals surface area contributed by atoms with Crippen molar-refractivity contribution in [3.8, 4) is 0 Å². The number of carbonyl (C=O) groups excluding carboxylic acids is 2. The molecule has 2 aliphatic rings. The van der Waals surface area contributed by atoms with E-state index in [1.165, 1.54) is 0 Å². The molecule has 1 aromatic carbocycles. The van der Waals surface area contributed by atoms with E-state index in [1.54, 1.807) is 12.3 Å². The Morgan fingerprint density at radius 3 is 2.52 bits per heavy atom. The van der Waals surface area contributed by atoms with Gasteiger partial charge in [0.15, 0.2) is 0 Å². The average Bonchev–Trinajstić information content (AvgIpc) is 3.28. The summed E-state index contributed by atoms with van der Waals surface area (Å²) >= 11 is 0. The number of benzene rings is 1. The fourth-order valence-corrected chi connectivity index (χ4v) is 4.17. The maximum atomic E-state index is 12.6. The van der Waals surface area contributed by atoms with Crippen molar-refractivity contribution >= 4 is 23.3 Å².